The number of thiophene rings is 1. The molecule has 0 saturated carbocycles. The van der Waals surface area contributed by atoms with Gasteiger partial charge in [-0.05, 0) is 65.8 Å². The molecule has 224 valence electrons. The molecule has 0 fully saturated rings. The van der Waals surface area contributed by atoms with E-state index in [1.165, 1.54) is 30.5 Å². The molecular formula is C32H27FN4O5S2. The summed E-state index contributed by atoms with van der Waals surface area (Å²) in [5.41, 5.74) is 2.88. The zero-order chi connectivity index (χ0) is 30.9. The summed E-state index contributed by atoms with van der Waals surface area (Å²) in [6.45, 7) is 0.360. The molecule has 5 aromatic rings. The summed E-state index contributed by atoms with van der Waals surface area (Å²) in [7, 11) is 1.49. The summed E-state index contributed by atoms with van der Waals surface area (Å²) in [6, 6.07) is 24.8. The lowest BCUT2D eigenvalue weighted by Gasteiger charge is -2.12. The molecule has 0 aliphatic rings. The molecule has 0 unspecified atom stereocenters. The Kier molecular flexibility index (Phi) is 9.95. The van der Waals surface area contributed by atoms with Gasteiger partial charge in [-0.3, -0.25) is 9.78 Å². The Hall–Kier alpha value is -5.07. The molecule has 5 rings (SSSR count). The molecule has 0 atom stereocenters. The van der Waals surface area contributed by atoms with Crippen LogP contribution in [0.15, 0.2) is 91.1 Å². The zero-order valence-electron chi connectivity index (χ0n) is 23.5. The van der Waals surface area contributed by atoms with Gasteiger partial charge in [-0.15, -0.1) is 11.3 Å². The van der Waals surface area contributed by atoms with Gasteiger partial charge in [0.05, 0.1) is 16.6 Å². The predicted octanol–water partition coefficient (Wildman–Crippen LogP) is 6.69. The van der Waals surface area contributed by atoms with Crippen LogP contribution in [0.25, 0.3) is 20.7 Å². The minimum atomic E-state index is -0.605. The number of thiocarbonyl (C=S) groups is 1. The number of fused-ring (bicyclic) bond motifs is 1. The molecule has 0 saturated heterocycles. The lowest BCUT2D eigenvalue weighted by Crippen LogP contribution is -2.35. The van der Waals surface area contributed by atoms with E-state index in [2.05, 4.69) is 20.9 Å². The first-order chi connectivity index (χ1) is 21.4. The Labute approximate surface area is 262 Å². The largest absolute Gasteiger partial charge is 0.490 e. The lowest BCUT2D eigenvalue weighted by atomic mass is 10.1. The van der Waals surface area contributed by atoms with Crippen LogP contribution in [0.3, 0.4) is 0 Å². The molecule has 0 bridgehead atoms. The van der Waals surface area contributed by atoms with Crippen molar-refractivity contribution in [2.24, 2.45) is 0 Å². The third-order valence-electron chi connectivity index (χ3n) is 6.17. The van der Waals surface area contributed by atoms with Gasteiger partial charge in [0.1, 0.15) is 24.7 Å². The highest BCUT2D eigenvalue weighted by atomic mass is 32.1. The smallest absolute Gasteiger partial charge is 0.406 e. The first-order valence-electron chi connectivity index (χ1n) is 13.5. The third-order valence-corrected chi connectivity index (χ3v) is 7.57. The molecule has 2 amide bonds. The molecule has 0 aliphatic carbocycles. The predicted molar refractivity (Wildman–Crippen MR) is 172 cm³/mol. The van der Waals surface area contributed by atoms with E-state index < -0.39 is 11.9 Å². The number of pyridine rings is 1. The van der Waals surface area contributed by atoms with Crippen molar-refractivity contribution < 1.29 is 28.2 Å². The first-order valence-corrected chi connectivity index (χ1v) is 14.7. The van der Waals surface area contributed by atoms with Gasteiger partial charge in [-0.25, -0.2) is 9.18 Å². The number of ether oxygens (including phenoxy) is 3. The Bertz CT molecular complexity index is 1780. The Balaban J connectivity index is 1.20. The van der Waals surface area contributed by atoms with Gasteiger partial charge < -0.3 is 30.2 Å². The number of halogens is 1. The SMILES string of the molecule is CNC(=O)OCCOc1ccc(-c2cc3nccc(Oc4ccc(NC(=S)NC(=O)Cc5ccccc5)cc4F)c3s2)cc1. The number of rotatable bonds is 10. The van der Waals surface area contributed by atoms with Crippen LogP contribution in [0.2, 0.25) is 0 Å². The van der Waals surface area contributed by atoms with Crippen LogP contribution in [-0.2, 0) is 16.0 Å². The Morgan fingerprint density at radius 2 is 1.75 bits per heavy atom. The van der Waals surface area contributed by atoms with E-state index in [1.54, 1.807) is 18.3 Å². The van der Waals surface area contributed by atoms with Crippen molar-refractivity contribution in [2.45, 2.75) is 6.42 Å². The van der Waals surface area contributed by atoms with E-state index in [-0.39, 0.29) is 36.4 Å². The normalized spacial score (nSPS) is 10.6. The number of benzene rings is 3. The van der Waals surface area contributed by atoms with Crippen LogP contribution in [-0.4, -0.2) is 42.4 Å². The maximum absolute atomic E-state index is 15.1. The quantitative estimate of drug-likeness (QED) is 0.116. The van der Waals surface area contributed by atoms with E-state index in [9.17, 15) is 9.59 Å². The summed E-state index contributed by atoms with van der Waals surface area (Å²) in [4.78, 5) is 28.8. The van der Waals surface area contributed by atoms with Crippen molar-refractivity contribution in [2.75, 3.05) is 25.6 Å². The second-order valence-electron chi connectivity index (χ2n) is 9.30. The number of hydrogen-bond acceptors (Lipinski definition) is 8. The average Bonchev–Trinajstić information content (AvgIpc) is 3.46. The van der Waals surface area contributed by atoms with Crippen molar-refractivity contribution in [1.82, 2.24) is 15.6 Å². The van der Waals surface area contributed by atoms with Crippen molar-refractivity contribution in [3.05, 3.63) is 103 Å². The number of nitrogens with zero attached hydrogens (tertiary/aromatic N) is 1. The number of hydrogen-bond donors (Lipinski definition) is 3. The number of carbonyl (C=O) groups excluding carboxylic acids is 2. The minimum absolute atomic E-state index is 0.0268. The van der Waals surface area contributed by atoms with Crippen molar-refractivity contribution in [1.29, 1.82) is 0 Å². The van der Waals surface area contributed by atoms with E-state index in [4.69, 9.17) is 26.4 Å². The second-order valence-corrected chi connectivity index (χ2v) is 10.8. The molecule has 0 spiro atoms. The molecule has 3 N–H and O–H groups in total. The van der Waals surface area contributed by atoms with E-state index in [1.807, 2.05) is 60.7 Å². The number of amides is 2. The van der Waals surface area contributed by atoms with E-state index in [0.717, 1.165) is 20.7 Å². The van der Waals surface area contributed by atoms with Gasteiger partial charge in [0.25, 0.3) is 0 Å². The van der Waals surface area contributed by atoms with Gasteiger partial charge in [-0.1, -0.05) is 30.3 Å². The van der Waals surface area contributed by atoms with Crippen LogP contribution in [0, 0.1) is 5.82 Å². The fourth-order valence-corrected chi connectivity index (χ4v) is 5.42. The number of alkyl carbamates (subject to hydrolysis) is 1. The highest BCUT2D eigenvalue weighted by molar-refractivity contribution is 7.80. The highest BCUT2D eigenvalue weighted by Gasteiger charge is 2.14. The summed E-state index contributed by atoms with van der Waals surface area (Å²) in [6.07, 6.45) is 1.27. The molecule has 2 aromatic heterocycles. The van der Waals surface area contributed by atoms with Crippen LogP contribution in [0.4, 0.5) is 14.9 Å². The van der Waals surface area contributed by atoms with Gasteiger partial charge in [0, 0.05) is 35.9 Å². The van der Waals surface area contributed by atoms with E-state index in [0.29, 0.717) is 22.7 Å². The monoisotopic (exact) mass is 630 g/mol. The van der Waals surface area contributed by atoms with Crippen molar-refractivity contribution in [3.8, 4) is 27.7 Å². The Morgan fingerprint density at radius 3 is 2.50 bits per heavy atom. The van der Waals surface area contributed by atoms with Crippen molar-refractivity contribution >= 4 is 56.6 Å². The Morgan fingerprint density at radius 1 is 0.955 bits per heavy atom. The third kappa shape index (κ3) is 8.06. The first kappa shape index (κ1) is 30.4. The molecule has 0 aliphatic heterocycles. The fraction of sp³-hybridized carbons (Fsp3) is 0.125. The van der Waals surface area contributed by atoms with Gasteiger partial charge in [0.2, 0.25) is 5.91 Å². The average molecular weight is 631 g/mol. The molecular weight excluding hydrogens is 604 g/mol. The molecule has 12 heteroatoms. The second kappa shape index (κ2) is 14.4. The molecule has 3 aromatic carbocycles. The van der Waals surface area contributed by atoms with E-state index >= 15 is 4.39 Å². The fourth-order valence-electron chi connectivity index (χ4n) is 4.11. The molecule has 44 heavy (non-hydrogen) atoms. The maximum Gasteiger partial charge on any atom is 0.406 e. The van der Waals surface area contributed by atoms with Crippen molar-refractivity contribution in [3.63, 3.8) is 0 Å². The summed E-state index contributed by atoms with van der Waals surface area (Å²) in [5.74, 6) is 0.248. The van der Waals surface area contributed by atoms with Crippen LogP contribution in [0.1, 0.15) is 5.56 Å². The van der Waals surface area contributed by atoms with Crippen LogP contribution in [0.5, 0.6) is 17.2 Å². The van der Waals surface area contributed by atoms with Crippen LogP contribution < -0.4 is 25.4 Å². The van der Waals surface area contributed by atoms with Gasteiger partial charge in [-0.2, -0.15) is 0 Å². The number of aromatic nitrogens is 1. The van der Waals surface area contributed by atoms with Gasteiger partial charge in [0.15, 0.2) is 16.7 Å². The lowest BCUT2D eigenvalue weighted by molar-refractivity contribution is -0.119. The van der Waals surface area contributed by atoms with Gasteiger partial charge >= 0.3 is 6.09 Å². The van der Waals surface area contributed by atoms with Crippen LogP contribution >= 0.6 is 23.6 Å². The molecule has 2 heterocycles. The number of anilines is 1. The topological polar surface area (TPSA) is 111 Å². The molecule has 0 radical (unpaired) electrons. The summed E-state index contributed by atoms with van der Waals surface area (Å²) >= 11 is 6.69. The summed E-state index contributed by atoms with van der Waals surface area (Å²) < 4.78 is 32.3. The number of carbonyl (C=O) groups is 2. The summed E-state index contributed by atoms with van der Waals surface area (Å²) in [5, 5.41) is 7.87. The zero-order valence-corrected chi connectivity index (χ0v) is 25.1. The maximum atomic E-state index is 15.1. The highest BCUT2D eigenvalue weighted by Crippen LogP contribution is 2.40. The minimum Gasteiger partial charge on any atom is -0.490 e. The standard InChI is InChI=1S/C32H27FN4O5S2/c1-34-32(39)41-16-15-40-23-10-7-21(8-11-23)28-19-25-30(44-28)27(13-14-35-25)42-26-12-9-22(18-24(26)33)36-31(43)37-29(38)17-20-5-3-2-4-6-20/h2-14,18-19H,15-17H2,1H3,(H,34,39)(H2,36,37,38,43). The number of nitrogens with one attached hydrogen (secondary N) is 3. The molecule has 9 nitrogen and oxygen atoms in total.